The number of nitrogens with zero attached hydrogens (tertiary/aromatic N) is 5. The molecule has 0 unspecified atom stereocenters. The maximum Gasteiger partial charge on any atom is 0.387 e. The molecule has 1 aromatic carbocycles. The molecule has 0 saturated carbocycles. The summed E-state index contributed by atoms with van der Waals surface area (Å²) in [5.74, 6) is -0.945. The molecule has 3 N–H and O–H groups in total. The average Bonchev–Trinajstić information content (AvgIpc) is 3.53. The molecule has 0 bridgehead atoms. The second-order valence-electron chi connectivity index (χ2n) is 7.26. The fourth-order valence-corrected chi connectivity index (χ4v) is 3.21. The number of carbonyl (C=O) groups excluding carboxylic acids is 2. The first-order valence-corrected chi connectivity index (χ1v) is 10.00. The molecule has 0 spiro atoms. The van der Waals surface area contributed by atoms with E-state index in [1.54, 1.807) is 43.3 Å². The lowest BCUT2D eigenvalue weighted by atomic mass is 10.1. The number of hydrogen-bond donors (Lipinski definition) is 3. The Labute approximate surface area is 191 Å². The molecule has 11 nitrogen and oxygen atoms in total. The van der Waals surface area contributed by atoms with Crippen LogP contribution in [0.5, 0.6) is 5.75 Å². The zero-order valence-electron chi connectivity index (χ0n) is 18.1. The van der Waals surface area contributed by atoms with Gasteiger partial charge in [0.05, 0.1) is 23.8 Å². The molecule has 0 radical (unpaired) electrons. The molecular weight excluding hydrogens is 450 g/mol. The van der Waals surface area contributed by atoms with E-state index in [2.05, 4.69) is 35.8 Å². The van der Waals surface area contributed by atoms with Gasteiger partial charge in [-0.15, -0.1) is 0 Å². The predicted octanol–water partition coefficient (Wildman–Crippen LogP) is 2.33. The number of rotatable bonds is 8. The van der Waals surface area contributed by atoms with Crippen LogP contribution in [0.1, 0.15) is 26.5 Å². The van der Waals surface area contributed by atoms with Gasteiger partial charge in [-0.25, -0.2) is 0 Å². The number of aromatic amines is 1. The lowest BCUT2D eigenvalue weighted by Crippen LogP contribution is -2.26. The second-order valence-corrected chi connectivity index (χ2v) is 7.26. The molecule has 2 amide bonds. The van der Waals surface area contributed by atoms with Crippen molar-refractivity contribution in [2.45, 2.75) is 13.2 Å². The van der Waals surface area contributed by atoms with Crippen LogP contribution in [0.3, 0.4) is 0 Å². The highest BCUT2D eigenvalue weighted by Crippen LogP contribution is 2.23. The van der Waals surface area contributed by atoms with Crippen molar-refractivity contribution in [3.05, 3.63) is 65.9 Å². The molecule has 0 fully saturated rings. The zero-order chi connectivity index (χ0) is 24.2. The Hall–Kier alpha value is -4.55. The standard InChI is InChI=1S/C21H20F2N8O3/c1-30-11-12(9-25-30)8-24-20(33)18-17(10-26-31(18)2)27-19(32)16-7-15(28-29-16)13-3-5-14(6-4-13)34-21(22)23/h3-7,9-11,21H,8H2,1-2H3,(H,24,33)(H,27,32)(H,28,29). The van der Waals surface area contributed by atoms with Gasteiger partial charge in [0.2, 0.25) is 0 Å². The fraction of sp³-hybridized carbons (Fsp3) is 0.190. The average molecular weight is 470 g/mol. The van der Waals surface area contributed by atoms with Gasteiger partial charge in [-0.2, -0.15) is 24.1 Å². The maximum absolute atomic E-state index is 12.7. The van der Waals surface area contributed by atoms with Crippen LogP contribution in [0, 0.1) is 0 Å². The normalized spacial score (nSPS) is 11.0. The van der Waals surface area contributed by atoms with Crippen molar-refractivity contribution in [1.82, 2.24) is 35.1 Å². The number of hydrogen-bond acceptors (Lipinski definition) is 6. The number of halogens is 2. The fourth-order valence-electron chi connectivity index (χ4n) is 3.21. The lowest BCUT2D eigenvalue weighted by molar-refractivity contribution is -0.0498. The van der Waals surface area contributed by atoms with Gasteiger partial charge >= 0.3 is 6.61 Å². The molecule has 4 aromatic rings. The van der Waals surface area contributed by atoms with E-state index in [1.165, 1.54) is 29.1 Å². The molecule has 0 saturated heterocycles. The Morgan fingerprint density at radius 2 is 1.88 bits per heavy atom. The minimum Gasteiger partial charge on any atom is -0.435 e. The van der Waals surface area contributed by atoms with Crippen molar-refractivity contribution in [2.24, 2.45) is 14.1 Å². The number of amides is 2. The minimum absolute atomic E-state index is 0.0122. The minimum atomic E-state index is -2.92. The Morgan fingerprint density at radius 1 is 1.12 bits per heavy atom. The Kier molecular flexibility index (Phi) is 6.34. The first-order valence-electron chi connectivity index (χ1n) is 10.00. The molecule has 3 aromatic heterocycles. The highest BCUT2D eigenvalue weighted by atomic mass is 19.3. The highest BCUT2D eigenvalue weighted by Gasteiger charge is 2.20. The molecule has 0 aliphatic rings. The van der Waals surface area contributed by atoms with E-state index in [0.29, 0.717) is 11.3 Å². The number of alkyl halides is 2. The van der Waals surface area contributed by atoms with Crippen LogP contribution < -0.4 is 15.4 Å². The van der Waals surface area contributed by atoms with E-state index in [9.17, 15) is 18.4 Å². The van der Waals surface area contributed by atoms with Crippen LogP contribution in [-0.2, 0) is 20.6 Å². The molecule has 3 heterocycles. The highest BCUT2D eigenvalue weighted by molar-refractivity contribution is 6.07. The molecule has 0 atom stereocenters. The number of ether oxygens (including phenoxy) is 1. The lowest BCUT2D eigenvalue weighted by Gasteiger charge is -2.08. The van der Waals surface area contributed by atoms with Crippen molar-refractivity contribution < 1.29 is 23.1 Å². The summed E-state index contributed by atoms with van der Waals surface area (Å²) in [7, 11) is 3.36. The van der Waals surface area contributed by atoms with E-state index >= 15 is 0 Å². The van der Waals surface area contributed by atoms with Gasteiger partial charge in [-0.05, 0) is 30.3 Å². The third-order valence-corrected chi connectivity index (χ3v) is 4.81. The number of anilines is 1. The van der Waals surface area contributed by atoms with E-state index in [1.807, 2.05) is 0 Å². The molecule has 0 aliphatic heterocycles. The van der Waals surface area contributed by atoms with Crippen LogP contribution in [-0.4, -0.2) is 48.2 Å². The number of H-pyrrole nitrogens is 1. The number of nitrogens with one attached hydrogen (secondary N) is 3. The summed E-state index contributed by atoms with van der Waals surface area (Å²) in [6.07, 6.45) is 4.79. The molecule has 4 rings (SSSR count). The van der Waals surface area contributed by atoms with E-state index < -0.39 is 18.4 Å². The smallest absolute Gasteiger partial charge is 0.387 e. The first kappa shape index (κ1) is 22.6. The summed E-state index contributed by atoms with van der Waals surface area (Å²) >= 11 is 0. The number of aromatic nitrogens is 6. The summed E-state index contributed by atoms with van der Waals surface area (Å²) < 4.78 is 31.9. The van der Waals surface area contributed by atoms with Gasteiger partial charge in [0.15, 0.2) is 0 Å². The number of benzene rings is 1. The predicted molar refractivity (Wildman–Crippen MR) is 116 cm³/mol. The van der Waals surface area contributed by atoms with Crippen molar-refractivity contribution in [3.8, 4) is 17.0 Å². The second kappa shape index (κ2) is 9.52. The molecular formula is C21H20F2N8O3. The molecule has 34 heavy (non-hydrogen) atoms. The van der Waals surface area contributed by atoms with Crippen LogP contribution in [0.15, 0.2) is 48.9 Å². The van der Waals surface area contributed by atoms with Crippen molar-refractivity contribution in [3.63, 3.8) is 0 Å². The Balaban J connectivity index is 1.43. The van der Waals surface area contributed by atoms with E-state index in [0.717, 1.165) is 5.56 Å². The van der Waals surface area contributed by atoms with Crippen LogP contribution >= 0.6 is 0 Å². The Bertz CT molecular complexity index is 1310. The third-order valence-electron chi connectivity index (χ3n) is 4.81. The van der Waals surface area contributed by atoms with Crippen LogP contribution in [0.25, 0.3) is 11.3 Å². The first-order chi connectivity index (χ1) is 16.3. The summed E-state index contributed by atoms with van der Waals surface area (Å²) in [4.78, 5) is 25.4. The molecule has 13 heteroatoms. The SMILES string of the molecule is Cn1cc(CNC(=O)c2c(NC(=O)c3cc(-c4ccc(OC(F)F)cc4)n[nH]3)cnn2C)cn1. The van der Waals surface area contributed by atoms with E-state index in [4.69, 9.17) is 0 Å². The monoisotopic (exact) mass is 470 g/mol. The Morgan fingerprint density at radius 3 is 2.56 bits per heavy atom. The van der Waals surface area contributed by atoms with Gasteiger partial charge in [0.1, 0.15) is 17.1 Å². The quantitative estimate of drug-likeness (QED) is 0.362. The number of carbonyl (C=O) groups is 2. The molecule has 0 aliphatic carbocycles. The van der Waals surface area contributed by atoms with Crippen molar-refractivity contribution in [1.29, 1.82) is 0 Å². The van der Waals surface area contributed by atoms with Crippen molar-refractivity contribution >= 4 is 17.5 Å². The summed E-state index contributed by atoms with van der Waals surface area (Å²) in [6.45, 7) is -2.66. The largest absolute Gasteiger partial charge is 0.435 e. The van der Waals surface area contributed by atoms with Crippen LogP contribution in [0.4, 0.5) is 14.5 Å². The number of aryl methyl sites for hydroxylation is 2. The van der Waals surface area contributed by atoms with Gasteiger partial charge in [0, 0.05) is 38.0 Å². The van der Waals surface area contributed by atoms with Crippen LogP contribution in [0.2, 0.25) is 0 Å². The topological polar surface area (TPSA) is 132 Å². The maximum atomic E-state index is 12.7. The van der Waals surface area contributed by atoms with Crippen molar-refractivity contribution in [2.75, 3.05) is 5.32 Å². The van der Waals surface area contributed by atoms with Gasteiger partial charge in [0.25, 0.3) is 11.8 Å². The zero-order valence-corrected chi connectivity index (χ0v) is 18.1. The van der Waals surface area contributed by atoms with Gasteiger partial charge in [-0.3, -0.25) is 24.1 Å². The summed E-state index contributed by atoms with van der Waals surface area (Å²) in [6, 6.07) is 7.34. The summed E-state index contributed by atoms with van der Waals surface area (Å²) in [5.41, 5.74) is 2.37. The third kappa shape index (κ3) is 5.09. The van der Waals surface area contributed by atoms with E-state index in [-0.39, 0.29) is 29.4 Å². The van der Waals surface area contributed by atoms with Gasteiger partial charge in [-0.1, -0.05) is 0 Å². The summed E-state index contributed by atoms with van der Waals surface area (Å²) in [5, 5.41) is 20.2. The van der Waals surface area contributed by atoms with Gasteiger partial charge < -0.3 is 15.4 Å². The molecule has 176 valence electrons.